The van der Waals surface area contributed by atoms with Gasteiger partial charge in [0.15, 0.2) is 0 Å². The molecule has 3 aromatic heterocycles. The monoisotopic (exact) mass is 397 g/mol. The number of aromatic nitrogens is 4. The zero-order chi connectivity index (χ0) is 20.3. The molecule has 7 nitrogen and oxygen atoms in total. The van der Waals surface area contributed by atoms with Crippen molar-refractivity contribution in [2.24, 2.45) is 0 Å². The van der Waals surface area contributed by atoms with E-state index in [9.17, 15) is 4.79 Å². The van der Waals surface area contributed by atoms with E-state index in [1.165, 1.54) is 0 Å². The molecule has 0 unspecified atom stereocenters. The maximum absolute atomic E-state index is 13.0. The topological polar surface area (TPSA) is 85.0 Å². The van der Waals surface area contributed by atoms with Crippen molar-refractivity contribution in [2.45, 2.75) is 11.8 Å². The van der Waals surface area contributed by atoms with Gasteiger partial charge in [-0.15, -0.1) is 0 Å². The molecule has 0 N–H and O–H groups in total. The molecule has 1 saturated heterocycles. The number of carbonyl (C=O) groups is 1. The van der Waals surface area contributed by atoms with Crippen LogP contribution < -0.4 is 0 Å². The Morgan fingerprint density at radius 1 is 0.900 bits per heavy atom. The molecule has 0 bridgehead atoms. The molecule has 0 aliphatic carbocycles. The lowest BCUT2D eigenvalue weighted by atomic mass is 9.90. The zero-order valence-corrected chi connectivity index (χ0v) is 16.1. The third-order valence-corrected chi connectivity index (χ3v) is 5.42. The van der Waals surface area contributed by atoms with Crippen LogP contribution in [0.2, 0.25) is 0 Å². The highest BCUT2D eigenvalue weighted by Gasteiger charge is 2.40. The maximum Gasteiger partial charge on any atom is 0.255 e. The molecule has 4 aromatic rings. The van der Waals surface area contributed by atoms with Crippen molar-refractivity contribution in [2.75, 3.05) is 13.1 Å². The van der Waals surface area contributed by atoms with Crippen LogP contribution >= 0.6 is 0 Å². The summed E-state index contributed by atoms with van der Waals surface area (Å²) in [6.45, 7) is 1.04. The van der Waals surface area contributed by atoms with Crippen molar-refractivity contribution in [1.29, 1.82) is 0 Å². The summed E-state index contributed by atoms with van der Waals surface area (Å²) in [4.78, 5) is 27.8. The number of benzene rings is 1. The van der Waals surface area contributed by atoms with Crippen molar-refractivity contribution in [3.05, 3.63) is 96.4 Å². The first-order chi connectivity index (χ1) is 14.8. The second-order valence-corrected chi connectivity index (χ2v) is 7.27. The SMILES string of the molecule is O=C(c1cccnc1)N1C[C@@H](c2cccnc2)[C@H](c2nc(-c3ccccc3)no2)C1. The van der Waals surface area contributed by atoms with E-state index < -0.39 is 0 Å². The summed E-state index contributed by atoms with van der Waals surface area (Å²) in [6.07, 6.45) is 6.83. The molecule has 148 valence electrons. The lowest BCUT2D eigenvalue weighted by Gasteiger charge is -2.16. The van der Waals surface area contributed by atoms with Crippen LogP contribution in [-0.4, -0.2) is 44.0 Å². The van der Waals surface area contributed by atoms with Crippen molar-refractivity contribution in [3.63, 3.8) is 0 Å². The Labute approximate surface area is 173 Å². The fourth-order valence-corrected chi connectivity index (χ4v) is 3.92. The highest BCUT2D eigenvalue weighted by Crippen LogP contribution is 2.39. The third-order valence-electron chi connectivity index (χ3n) is 5.42. The van der Waals surface area contributed by atoms with Crippen LogP contribution in [0, 0.1) is 0 Å². The van der Waals surface area contributed by atoms with Crippen LogP contribution in [-0.2, 0) is 0 Å². The van der Waals surface area contributed by atoms with Gasteiger partial charge in [-0.25, -0.2) is 0 Å². The molecule has 0 radical (unpaired) electrons. The van der Waals surface area contributed by atoms with Gasteiger partial charge in [0.1, 0.15) is 0 Å². The Bertz CT molecular complexity index is 1130. The Kier molecular flexibility index (Phi) is 4.77. The van der Waals surface area contributed by atoms with Gasteiger partial charge in [0.2, 0.25) is 11.7 Å². The number of likely N-dealkylation sites (tertiary alicyclic amines) is 1. The maximum atomic E-state index is 13.0. The van der Waals surface area contributed by atoms with E-state index in [2.05, 4.69) is 20.1 Å². The number of rotatable bonds is 4. The Balaban J connectivity index is 1.47. The molecule has 1 fully saturated rings. The molecule has 1 aliphatic heterocycles. The predicted molar refractivity (Wildman–Crippen MR) is 110 cm³/mol. The fourth-order valence-electron chi connectivity index (χ4n) is 3.92. The second kappa shape index (κ2) is 7.87. The lowest BCUT2D eigenvalue weighted by Crippen LogP contribution is -2.28. The Hall–Kier alpha value is -3.87. The van der Waals surface area contributed by atoms with Gasteiger partial charge in [0.25, 0.3) is 5.91 Å². The molecule has 2 atom stereocenters. The Morgan fingerprint density at radius 3 is 2.40 bits per heavy atom. The van der Waals surface area contributed by atoms with Gasteiger partial charge in [-0.05, 0) is 23.8 Å². The summed E-state index contributed by atoms with van der Waals surface area (Å²) < 4.78 is 5.66. The summed E-state index contributed by atoms with van der Waals surface area (Å²) in [6, 6.07) is 17.2. The van der Waals surface area contributed by atoms with E-state index in [1.54, 1.807) is 30.7 Å². The van der Waals surface area contributed by atoms with Crippen LogP contribution in [0.1, 0.15) is 33.6 Å². The standard InChI is InChI=1S/C23H19N5O2/c29-23(18-9-5-11-25-13-18)28-14-19(17-8-4-10-24-12-17)20(15-28)22-26-21(27-30-22)16-6-2-1-3-7-16/h1-13,19-20H,14-15H2/t19-,20+/m0/s1. The minimum Gasteiger partial charge on any atom is -0.339 e. The van der Waals surface area contributed by atoms with E-state index >= 15 is 0 Å². The Morgan fingerprint density at radius 2 is 1.67 bits per heavy atom. The first-order valence-electron chi connectivity index (χ1n) is 9.78. The minimum atomic E-state index is -0.111. The number of hydrogen-bond donors (Lipinski definition) is 0. The van der Waals surface area contributed by atoms with Gasteiger partial charge in [-0.3, -0.25) is 14.8 Å². The van der Waals surface area contributed by atoms with Crippen molar-refractivity contribution in [1.82, 2.24) is 25.0 Å². The fraction of sp³-hybridized carbons (Fsp3) is 0.174. The van der Waals surface area contributed by atoms with Crippen LogP contribution in [0.5, 0.6) is 0 Å². The van der Waals surface area contributed by atoms with E-state index in [-0.39, 0.29) is 17.7 Å². The molecule has 1 aliphatic rings. The molecule has 30 heavy (non-hydrogen) atoms. The molecular weight excluding hydrogens is 378 g/mol. The zero-order valence-electron chi connectivity index (χ0n) is 16.1. The predicted octanol–water partition coefficient (Wildman–Crippen LogP) is 3.55. The average molecular weight is 397 g/mol. The van der Waals surface area contributed by atoms with Gasteiger partial charge in [-0.1, -0.05) is 41.6 Å². The van der Waals surface area contributed by atoms with Crippen molar-refractivity contribution < 1.29 is 9.32 Å². The van der Waals surface area contributed by atoms with Gasteiger partial charge in [0.05, 0.1) is 11.5 Å². The molecule has 1 aromatic carbocycles. The number of amides is 1. The van der Waals surface area contributed by atoms with Crippen molar-refractivity contribution in [3.8, 4) is 11.4 Å². The molecule has 7 heteroatoms. The number of carbonyl (C=O) groups excluding carboxylic acids is 1. The number of hydrogen-bond acceptors (Lipinski definition) is 6. The molecule has 1 amide bonds. The summed E-state index contributed by atoms with van der Waals surface area (Å²) in [5.41, 5.74) is 2.51. The first kappa shape index (κ1) is 18.2. The van der Waals surface area contributed by atoms with E-state index in [0.717, 1.165) is 11.1 Å². The highest BCUT2D eigenvalue weighted by molar-refractivity contribution is 5.94. The quantitative estimate of drug-likeness (QED) is 0.524. The van der Waals surface area contributed by atoms with Gasteiger partial charge < -0.3 is 9.42 Å². The van der Waals surface area contributed by atoms with Crippen LogP contribution in [0.15, 0.2) is 83.9 Å². The third kappa shape index (κ3) is 3.45. The highest BCUT2D eigenvalue weighted by atomic mass is 16.5. The first-order valence-corrected chi connectivity index (χ1v) is 9.78. The van der Waals surface area contributed by atoms with E-state index in [1.807, 2.05) is 53.6 Å². The summed E-state index contributed by atoms with van der Waals surface area (Å²) in [5.74, 6) is 0.933. The van der Waals surface area contributed by atoms with E-state index in [0.29, 0.717) is 30.4 Å². The van der Waals surface area contributed by atoms with Gasteiger partial charge >= 0.3 is 0 Å². The van der Waals surface area contributed by atoms with Gasteiger partial charge in [0, 0.05) is 49.4 Å². The average Bonchev–Trinajstić information content (AvgIpc) is 3.48. The normalized spacial score (nSPS) is 18.5. The van der Waals surface area contributed by atoms with Gasteiger partial charge in [-0.2, -0.15) is 4.98 Å². The largest absolute Gasteiger partial charge is 0.339 e. The summed E-state index contributed by atoms with van der Waals surface area (Å²) in [5, 5.41) is 4.17. The number of pyridine rings is 2. The molecule has 5 rings (SSSR count). The molecular formula is C23H19N5O2. The molecule has 0 saturated carbocycles. The van der Waals surface area contributed by atoms with Crippen LogP contribution in [0.25, 0.3) is 11.4 Å². The number of nitrogens with zero attached hydrogens (tertiary/aromatic N) is 5. The van der Waals surface area contributed by atoms with Crippen LogP contribution in [0.4, 0.5) is 0 Å². The second-order valence-electron chi connectivity index (χ2n) is 7.27. The molecule has 4 heterocycles. The smallest absolute Gasteiger partial charge is 0.255 e. The molecule has 0 spiro atoms. The van der Waals surface area contributed by atoms with E-state index in [4.69, 9.17) is 4.52 Å². The summed E-state index contributed by atoms with van der Waals surface area (Å²) >= 11 is 0. The summed E-state index contributed by atoms with van der Waals surface area (Å²) in [7, 11) is 0. The lowest BCUT2D eigenvalue weighted by molar-refractivity contribution is 0.0787. The van der Waals surface area contributed by atoms with Crippen LogP contribution in [0.3, 0.4) is 0 Å². The van der Waals surface area contributed by atoms with Crippen molar-refractivity contribution >= 4 is 5.91 Å². The minimum absolute atomic E-state index is 0.0170.